The van der Waals surface area contributed by atoms with Gasteiger partial charge in [-0.05, 0) is 54.5 Å². The van der Waals surface area contributed by atoms with Crippen LogP contribution < -0.4 is 4.74 Å². The Kier molecular flexibility index (Phi) is 6.81. The van der Waals surface area contributed by atoms with E-state index in [1.807, 2.05) is 23.9 Å². The second-order valence-corrected chi connectivity index (χ2v) is 5.55. The average molecular weight is 256 g/mol. The topological polar surface area (TPSA) is 9.23 Å². The maximum Gasteiger partial charge on any atom is 0.118 e. The summed E-state index contributed by atoms with van der Waals surface area (Å²) in [6.45, 7) is 2.30. The summed E-state index contributed by atoms with van der Waals surface area (Å²) in [5.41, 5.74) is 0. The molecule has 16 heavy (non-hydrogen) atoms. The van der Waals surface area contributed by atoms with Crippen LogP contribution in [-0.2, 0) is 0 Å². The van der Waals surface area contributed by atoms with Crippen LogP contribution in [-0.4, -0.2) is 18.6 Å². The predicted octanol–water partition coefficient (Wildman–Crippen LogP) is 4.13. The number of benzene rings is 1. The fourth-order valence-corrected chi connectivity index (χ4v) is 2.94. The SMILES string of the molecule is COc1ccc(SCCC(C)CCS)cc1. The summed E-state index contributed by atoms with van der Waals surface area (Å²) in [5.74, 6) is 3.88. The van der Waals surface area contributed by atoms with Crippen molar-refractivity contribution in [3.05, 3.63) is 24.3 Å². The molecule has 1 aromatic carbocycles. The van der Waals surface area contributed by atoms with E-state index < -0.39 is 0 Å². The van der Waals surface area contributed by atoms with Crippen molar-refractivity contribution in [2.24, 2.45) is 5.92 Å². The van der Waals surface area contributed by atoms with Crippen molar-refractivity contribution in [1.82, 2.24) is 0 Å². The minimum absolute atomic E-state index is 0.781. The molecule has 0 saturated heterocycles. The molecular weight excluding hydrogens is 236 g/mol. The molecule has 0 bridgehead atoms. The van der Waals surface area contributed by atoms with E-state index in [0.717, 1.165) is 17.4 Å². The molecule has 1 rings (SSSR count). The highest BCUT2D eigenvalue weighted by Crippen LogP contribution is 2.23. The quantitative estimate of drug-likeness (QED) is 0.580. The lowest BCUT2D eigenvalue weighted by Gasteiger charge is -2.09. The van der Waals surface area contributed by atoms with Gasteiger partial charge in [-0.3, -0.25) is 0 Å². The van der Waals surface area contributed by atoms with Crippen LogP contribution in [0.4, 0.5) is 0 Å². The summed E-state index contributed by atoms with van der Waals surface area (Å²) in [6, 6.07) is 8.26. The molecule has 0 aliphatic carbocycles. The van der Waals surface area contributed by atoms with E-state index in [1.54, 1.807) is 7.11 Å². The second-order valence-electron chi connectivity index (χ2n) is 3.93. The third kappa shape index (κ3) is 5.17. The van der Waals surface area contributed by atoms with Crippen LogP contribution >= 0.6 is 24.4 Å². The van der Waals surface area contributed by atoms with Crippen molar-refractivity contribution >= 4 is 24.4 Å². The van der Waals surface area contributed by atoms with Crippen molar-refractivity contribution in [1.29, 1.82) is 0 Å². The minimum atomic E-state index is 0.781. The van der Waals surface area contributed by atoms with Gasteiger partial charge in [-0.2, -0.15) is 12.6 Å². The van der Waals surface area contributed by atoms with E-state index in [1.165, 1.54) is 23.5 Å². The molecule has 1 nitrogen and oxygen atoms in total. The van der Waals surface area contributed by atoms with Gasteiger partial charge in [0.15, 0.2) is 0 Å². The van der Waals surface area contributed by atoms with Crippen molar-refractivity contribution < 1.29 is 4.74 Å². The van der Waals surface area contributed by atoms with Gasteiger partial charge in [0.1, 0.15) is 5.75 Å². The van der Waals surface area contributed by atoms with Crippen LogP contribution in [0.3, 0.4) is 0 Å². The van der Waals surface area contributed by atoms with Crippen molar-refractivity contribution in [2.75, 3.05) is 18.6 Å². The van der Waals surface area contributed by atoms with Crippen LogP contribution in [0.2, 0.25) is 0 Å². The molecule has 1 atom stereocenters. The lowest BCUT2D eigenvalue weighted by Crippen LogP contribution is -1.97. The summed E-state index contributed by atoms with van der Waals surface area (Å²) in [4.78, 5) is 1.32. The molecule has 0 heterocycles. The average Bonchev–Trinajstić information content (AvgIpc) is 2.30. The molecule has 0 radical (unpaired) electrons. The van der Waals surface area contributed by atoms with Crippen LogP contribution in [0.25, 0.3) is 0 Å². The van der Waals surface area contributed by atoms with E-state index in [0.29, 0.717) is 0 Å². The Morgan fingerprint density at radius 3 is 2.50 bits per heavy atom. The standard InChI is InChI=1S/C13H20OS2/c1-11(7-9-15)8-10-16-13-5-3-12(14-2)4-6-13/h3-6,11,15H,7-10H2,1-2H3. The zero-order valence-electron chi connectivity index (χ0n) is 9.98. The Bertz CT molecular complexity index is 284. The molecule has 0 aliphatic rings. The number of rotatable bonds is 7. The van der Waals surface area contributed by atoms with Gasteiger partial charge in [-0.15, -0.1) is 11.8 Å². The van der Waals surface area contributed by atoms with E-state index in [4.69, 9.17) is 4.74 Å². The number of hydrogen-bond donors (Lipinski definition) is 1. The Morgan fingerprint density at radius 2 is 1.94 bits per heavy atom. The molecule has 0 amide bonds. The molecule has 0 fully saturated rings. The Balaban J connectivity index is 2.26. The molecule has 3 heteroatoms. The lowest BCUT2D eigenvalue weighted by molar-refractivity contribution is 0.414. The van der Waals surface area contributed by atoms with Crippen LogP contribution in [0, 0.1) is 5.92 Å². The van der Waals surface area contributed by atoms with Crippen LogP contribution in [0.15, 0.2) is 29.2 Å². The molecule has 0 spiro atoms. The second kappa shape index (κ2) is 7.91. The lowest BCUT2D eigenvalue weighted by atomic mass is 10.1. The Labute approximate surface area is 108 Å². The largest absolute Gasteiger partial charge is 0.497 e. The maximum absolute atomic E-state index is 5.13. The summed E-state index contributed by atoms with van der Waals surface area (Å²) >= 11 is 6.17. The van der Waals surface area contributed by atoms with Crippen molar-refractivity contribution in [2.45, 2.75) is 24.7 Å². The monoisotopic (exact) mass is 256 g/mol. The first-order chi connectivity index (χ1) is 7.76. The van der Waals surface area contributed by atoms with Crippen molar-refractivity contribution in [3.8, 4) is 5.75 Å². The minimum Gasteiger partial charge on any atom is -0.497 e. The third-order valence-electron chi connectivity index (χ3n) is 2.56. The fraction of sp³-hybridized carbons (Fsp3) is 0.538. The smallest absolute Gasteiger partial charge is 0.118 e. The van der Waals surface area contributed by atoms with Gasteiger partial charge in [0.05, 0.1) is 7.11 Å². The first-order valence-corrected chi connectivity index (χ1v) is 7.25. The number of hydrogen-bond acceptors (Lipinski definition) is 3. The molecule has 1 aromatic rings. The van der Waals surface area contributed by atoms with Gasteiger partial charge < -0.3 is 4.74 Å². The summed E-state index contributed by atoms with van der Waals surface area (Å²) in [5, 5.41) is 0. The molecule has 0 saturated carbocycles. The number of thioether (sulfide) groups is 1. The molecular formula is C13H20OS2. The summed E-state index contributed by atoms with van der Waals surface area (Å²) in [7, 11) is 1.70. The van der Waals surface area contributed by atoms with E-state index in [-0.39, 0.29) is 0 Å². The Morgan fingerprint density at radius 1 is 1.25 bits per heavy atom. The number of thiol groups is 1. The normalized spacial score (nSPS) is 12.4. The van der Waals surface area contributed by atoms with Gasteiger partial charge in [0.25, 0.3) is 0 Å². The highest BCUT2D eigenvalue weighted by atomic mass is 32.2. The van der Waals surface area contributed by atoms with Crippen LogP contribution in [0.5, 0.6) is 5.75 Å². The number of ether oxygens (including phenoxy) is 1. The van der Waals surface area contributed by atoms with E-state index in [9.17, 15) is 0 Å². The zero-order valence-corrected chi connectivity index (χ0v) is 11.7. The molecule has 0 aromatic heterocycles. The molecule has 0 aliphatic heterocycles. The fourth-order valence-electron chi connectivity index (χ4n) is 1.41. The Hall–Kier alpha value is -0.280. The maximum atomic E-state index is 5.13. The van der Waals surface area contributed by atoms with Gasteiger partial charge in [0, 0.05) is 4.90 Å². The molecule has 1 unspecified atom stereocenters. The van der Waals surface area contributed by atoms with Gasteiger partial charge in [-0.25, -0.2) is 0 Å². The van der Waals surface area contributed by atoms with Gasteiger partial charge in [0.2, 0.25) is 0 Å². The first-order valence-electron chi connectivity index (χ1n) is 5.64. The first kappa shape index (κ1) is 13.8. The summed E-state index contributed by atoms with van der Waals surface area (Å²) in [6.07, 6.45) is 2.48. The summed E-state index contributed by atoms with van der Waals surface area (Å²) < 4.78 is 5.13. The van der Waals surface area contributed by atoms with Gasteiger partial charge >= 0.3 is 0 Å². The van der Waals surface area contributed by atoms with Gasteiger partial charge in [-0.1, -0.05) is 6.92 Å². The molecule has 0 N–H and O–H groups in total. The highest BCUT2D eigenvalue weighted by molar-refractivity contribution is 7.99. The predicted molar refractivity (Wildman–Crippen MR) is 76.0 cm³/mol. The van der Waals surface area contributed by atoms with E-state index >= 15 is 0 Å². The van der Waals surface area contributed by atoms with Crippen molar-refractivity contribution in [3.63, 3.8) is 0 Å². The third-order valence-corrected chi connectivity index (χ3v) is 3.86. The van der Waals surface area contributed by atoms with Crippen LogP contribution in [0.1, 0.15) is 19.8 Å². The van der Waals surface area contributed by atoms with E-state index in [2.05, 4.69) is 31.7 Å². The highest BCUT2D eigenvalue weighted by Gasteiger charge is 2.01. The number of methoxy groups -OCH3 is 1. The zero-order chi connectivity index (χ0) is 11.8. The molecule has 90 valence electrons.